The fraction of sp³-hybridized carbons (Fsp3) is 0.143. The third-order valence-corrected chi connectivity index (χ3v) is 6.27. The van der Waals surface area contributed by atoms with Gasteiger partial charge in [0.1, 0.15) is 11.3 Å². The van der Waals surface area contributed by atoms with Crippen molar-refractivity contribution in [3.05, 3.63) is 66.7 Å². The van der Waals surface area contributed by atoms with Crippen LogP contribution in [0.1, 0.15) is 6.92 Å². The highest BCUT2D eigenvalue weighted by molar-refractivity contribution is 7.89. The molecule has 0 aliphatic rings. The fourth-order valence-electron chi connectivity index (χ4n) is 3.16. The number of H-pyrrole nitrogens is 1. The van der Waals surface area contributed by atoms with Crippen LogP contribution in [0.5, 0.6) is 0 Å². The number of aliphatic hydroxyl groups is 1. The number of sulfonamides is 1. The summed E-state index contributed by atoms with van der Waals surface area (Å²) in [6.45, 7) is 1.22. The van der Waals surface area contributed by atoms with E-state index in [2.05, 4.69) is 19.7 Å². The first-order chi connectivity index (χ1) is 14.4. The molecule has 0 radical (unpaired) electrons. The van der Waals surface area contributed by atoms with Crippen LogP contribution in [0.4, 0.5) is 4.39 Å². The van der Waals surface area contributed by atoms with E-state index in [0.29, 0.717) is 28.0 Å². The second-order valence-electron chi connectivity index (χ2n) is 6.86. The van der Waals surface area contributed by atoms with Gasteiger partial charge in [0.25, 0.3) is 0 Å². The molecule has 0 amide bonds. The number of benzene rings is 2. The smallest absolute Gasteiger partial charge is 0.241 e. The van der Waals surface area contributed by atoms with Crippen molar-refractivity contribution in [3.63, 3.8) is 0 Å². The largest absolute Gasteiger partial charge is 0.395 e. The molecule has 9 heteroatoms. The van der Waals surface area contributed by atoms with Crippen LogP contribution in [-0.4, -0.2) is 41.1 Å². The van der Waals surface area contributed by atoms with Gasteiger partial charge in [-0.15, -0.1) is 0 Å². The average molecular weight is 426 g/mol. The molecule has 0 aliphatic heterocycles. The number of hydrogen-bond acceptors (Lipinski definition) is 5. The summed E-state index contributed by atoms with van der Waals surface area (Å²) in [5.74, 6) is -0.541. The van der Waals surface area contributed by atoms with Gasteiger partial charge in [0.15, 0.2) is 5.65 Å². The zero-order valence-electron chi connectivity index (χ0n) is 16.0. The van der Waals surface area contributed by atoms with Gasteiger partial charge in [-0.25, -0.2) is 27.5 Å². The third-order valence-electron chi connectivity index (χ3n) is 4.62. The molecule has 0 bridgehead atoms. The highest BCUT2D eigenvalue weighted by Gasteiger charge is 2.22. The second-order valence-corrected chi connectivity index (χ2v) is 8.54. The normalized spacial score (nSPS) is 12.9. The van der Waals surface area contributed by atoms with Gasteiger partial charge >= 0.3 is 0 Å². The number of nitrogens with one attached hydrogen (secondary N) is 2. The molecule has 4 aromatic rings. The predicted octanol–water partition coefficient (Wildman–Crippen LogP) is 3.09. The SMILES string of the molecule is C[C@@H](CO)NS(=O)(=O)c1ccccc1-c1ccc(-c2cnc3[nH]ccc3n2)c(F)c1. The van der Waals surface area contributed by atoms with Crippen molar-refractivity contribution in [2.75, 3.05) is 6.61 Å². The van der Waals surface area contributed by atoms with Gasteiger partial charge < -0.3 is 10.1 Å². The molecule has 2 heterocycles. The van der Waals surface area contributed by atoms with Crippen LogP contribution in [0, 0.1) is 5.82 Å². The first-order valence-electron chi connectivity index (χ1n) is 9.21. The van der Waals surface area contributed by atoms with Crippen molar-refractivity contribution < 1.29 is 17.9 Å². The van der Waals surface area contributed by atoms with Crippen molar-refractivity contribution in [1.82, 2.24) is 19.7 Å². The second kappa shape index (κ2) is 7.94. The molecule has 0 spiro atoms. The quantitative estimate of drug-likeness (QED) is 0.439. The molecule has 0 aliphatic carbocycles. The summed E-state index contributed by atoms with van der Waals surface area (Å²) in [5.41, 5.74) is 2.64. The number of hydrogen-bond donors (Lipinski definition) is 3. The lowest BCUT2D eigenvalue weighted by Gasteiger charge is -2.15. The topological polar surface area (TPSA) is 108 Å². The first kappa shape index (κ1) is 20.1. The van der Waals surface area contributed by atoms with Crippen LogP contribution in [0.25, 0.3) is 33.5 Å². The van der Waals surface area contributed by atoms with Gasteiger partial charge in [-0.2, -0.15) is 0 Å². The van der Waals surface area contributed by atoms with Crippen molar-refractivity contribution >= 4 is 21.2 Å². The first-order valence-corrected chi connectivity index (χ1v) is 10.7. The molecular weight excluding hydrogens is 407 g/mol. The molecule has 2 aromatic carbocycles. The Kier molecular flexibility index (Phi) is 5.33. The lowest BCUT2D eigenvalue weighted by atomic mass is 10.0. The number of fused-ring (bicyclic) bond motifs is 1. The molecule has 3 N–H and O–H groups in total. The highest BCUT2D eigenvalue weighted by Crippen LogP contribution is 2.31. The minimum Gasteiger partial charge on any atom is -0.395 e. The summed E-state index contributed by atoms with van der Waals surface area (Å²) < 4.78 is 42.8. The van der Waals surface area contributed by atoms with E-state index in [9.17, 15) is 12.8 Å². The summed E-state index contributed by atoms with van der Waals surface area (Å²) in [5, 5.41) is 9.17. The summed E-state index contributed by atoms with van der Waals surface area (Å²) in [6.07, 6.45) is 3.19. The van der Waals surface area contributed by atoms with Gasteiger partial charge in [-0.3, -0.25) is 0 Å². The third kappa shape index (κ3) is 3.82. The minimum absolute atomic E-state index is 0.00554. The number of aliphatic hydroxyl groups excluding tert-OH is 1. The van der Waals surface area contributed by atoms with E-state index in [-0.39, 0.29) is 17.1 Å². The van der Waals surface area contributed by atoms with Gasteiger partial charge in [0.05, 0.1) is 23.4 Å². The Bertz CT molecular complexity index is 1320. The Hall–Kier alpha value is -3.14. The molecule has 0 unspecified atom stereocenters. The molecule has 0 fully saturated rings. The standard InChI is InChI=1S/C21H19FN4O3S/c1-13(12-27)26-30(28,29)20-5-3-2-4-15(20)14-6-7-16(17(22)10-14)19-11-24-21-18(25-19)8-9-23-21/h2-11,13,26-27H,12H2,1H3,(H,23,24)/t13-/m0/s1. The highest BCUT2D eigenvalue weighted by atomic mass is 32.2. The summed E-state index contributed by atoms with van der Waals surface area (Å²) >= 11 is 0. The number of nitrogens with zero attached hydrogens (tertiary/aromatic N) is 2. The van der Waals surface area contributed by atoms with E-state index in [0.717, 1.165) is 0 Å². The maximum atomic E-state index is 15.0. The number of halogens is 1. The molecule has 1 atom stereocenters. The zero-order chi connectivity index (χ0) is 21.3. The summed E-state index contributed by atoms with van der Waals surface area (Å²) in [4.78, 5) is 11.6. The molecular formula is C21H19FN4O3S. The van der Waals surface area contributed by atoms with Crippen molar-refractivity contribution in [2.24, 2.45) is 0 Å². The summed E-state index contributed by atoms with van der Waals surface area (Å²) in [6, 6.07) is 11.9. The van der Waals surface area contributed by atoms with Gasteiger partial charge in [-0.1, -0.05) is 24.3 Å². The minimum atomic E-state index is -3.90. The van der Waals surface area contributed by atoms with Crippen LogP contribution in [0.15, 0.2) is 65.8 Å². The van der Waals surface area contributed by atoms with Gasteiger partial charge in [0.2, 0.25) is 10.0 Å². The Morgan fingerprint density at radius 2 is 1.97 bits per heavy atom. The van der Waals surface area contributed by atoms with Crippen LogP contribution < -0.4 is 4.72 Å². The van der Waals surface area contributed by atoms with Crippen molar-refractivity contribution in [1.29, 1.82) is 0 Å². The van der Waals surface area contributed by atoms with E-state index in [1.165, 1.54) is 18.3 Å². The maximum Gasteiger partial charge on any atom is 0.241 e. The maximum absolute atomic E-state index is 15.0. The van der Waals surface area contributed by atoms with E-state index in [4.69, 9.17) is 5.11 Å². The number of aromatic nitrogens is 3. The van der Waals surface area contributed by atoms with Gasteiger partial charge in [-0.05, 0) is 36.8 Å². The Labute approximate surface area is 172 Å². The van der Waals surface area contributed by atoms with Crippen molar-refractivity contribution in [3.8, 4) is 22.4 Å². The Balaban J connectivity index is 1.75. The molecule has 7 nitrogen and oxygen atoms in total. The van der Waals surface area contributed by atoms with E-state index < -0.39 is 21.9 Å². The lowest BCUT2D eigenvalue weighted by Crippen LogP contribution is -2.35. The fourth-order valence-corrected chi connectivity index (χ4v) is 4.62. The predicted molar refractivity (Wildman–Crippen MR) is 112 cm³/mol. The van der Waals surface area contributed by atoms with Crippen LogP contribution >= 0.6 is 0 Å². The zero-order valence-corrected chi connectivity index (χ0v) is 16.8. The molecule has 0 saturated heterocycles. The van der Waals surface area contributed by atoms with E-state index >= 15 is 0 Å². The van der Waals surface area contributed by atoms with Crippen LogP contribution in [0.3, 0.4) is 0 Å². The molecule has 0 saturated carbocycles. The molecule has 2 aromatic heterocycles. The van der Waals surface area contributed by atoms with Crippen LogP contribution in [0.2, 0.25) is 0 Å². The lowest BCUT2D eigenvalue weighted by molar-refractivity contribution is 0.265. The summed E-state index contributed by atoms with van der Waals surface area (Å²) in [7, 11) is -3.90. The van der Waals surface area contributed by atoms with Crippen molar-refractivity contribution in [2.45, 2.75) is 17.9 Å². The number of rotatable bonds is 6. The number of aromatic amines is 1. The Morgan fingerprint density at radius 1 is 1.17 bits per heavy atom. The average Bonchev–Trinajstić information content (AvgIpc) is 3.21. The van der Waals surface area contributed by atoms with E-state index in [1.807, 2.05) is 0 Å². The molecule has 4 rings (SSSR count). The Morgan fingerprint density at radius 3 is 2.73 bits per heavy atom. The molecule has 154 valence electrons. The molecule has 30 heavy (non-hydrogen) atoms. The van der Waals surface area contributed by atoms with E-state index in [1.54, 1.807) is 49.5 Å². The monoisotopic (exact) mass is 426 g/mol. The van der Waals surface area contributed by atoms with Crippen LogP contribution in [-0.2, 0) is 10.0 Å². The van der Waals surface area contributed by atoms with Gasteiger partial charge in [0, 0.05) is 23.4 Å².